The molecule has 1 aliphatic rings. The molecule has 2 aromatic carbocycles. The number of nitrogens with two attached hydrogens (primary N) is 1. The molecule has 1 saturated heterocycles. The number of hydrogen-bond acceptors (Lipinski definition) is 8. The van der Waals surface area contributed by atoms with Crippen LogP contribution in [0, 0.1) is 10.1 Å². The van der Waals surface area contributed by atoms with Crippen LogP contribution in [-0.4, -0.2) is 40.6 Å². The van der Waals surface area contributed by atoms with Gasteiger partial charge in [0.2, 0.25) is 0 Å². The highest BCUT2D eigenvalue weighted by Gasteiger charge is 2.36. The molecule has 0 aromatic heterocycles. The Bertz CT molecular complexity index is 1100. The molecule has 0 aliphatic carbocycles. The number of benzene rings is 2. The van der Waals surface area contributed by atoms with Gasteiger partial charge in [0, 0.05) is 11.6 Å². The predicted molar refractivity (Wildman–Crippen MR) is 112 cm³/mol. The highest BCUT2D eigenvalue weighted by molar-refractivity contribution is 8.18. The molecule has 0 unspecified atom stereocenters. The number of imide groups is 1. The van der Waals surface area contributed by atoms with E-state index in [-0.39, 0.29) is 29.3 Å². The van der Waals surface area contributed by atoms with E-state index in [1.54, 1.807) is 24.3 Å². The maximum atomic E-state index is 12.7. The monoisotopic (exact) mass is 443 g/mol. The van der Waals surface area contributed by atoms with Crippen LogP contribution in [0.3, 0.4) is 0 Å². The van der Waals surface area contributed by atoms with Gasteiger partial charge in [0.1, 0.15) is 0 Å². The summed E-state index contributed by atoms with van der Waals surface area (Å²) in [4.78, 5) is 47.8. The number of carbonyl (C=O) groups excluding carboxylic acids is 3. The van der Waals surface area contributed by atoms with Gasteiger partial charge >= 0.3 is 0 Å². The first-order valence-electron chi connectivity index (χ1n) is 8.87. The molecule has 2 N–H and O–H groups in total. The van der Waals surface area contributed by atoms with E-state index in [0.29, 0.717) is 17.1 Å². The summed E-state index contributed by atoms with van der Waals surface area (Å²) in [6, 6.07) is 10.7. The van der Waals surface area contributed by atoms with Gasteiger partial charge in [0.15, 0.2) is 18.1 Å². The number of nitro groups is 1. The van der Waals surface area contributed by atoms with Crippen LogP contribution in [0.1, 0.15) is 11.1 Å². The molecule has 1 heterocycles. The molecule has 1 fully saturated rings. The van der Waals surface area contributed by atoms with Crippen LogP contribution < -0.4 is 15.2 Å². The van der Waals surface area contributed by atoms with E-state index >= 15 is 0 Å². The molecule has 31 heavy (non-hydrogen) atoms. The molecular formula is C20H17N3O7S. The predicted octanol–water partition coefficient (Wildman–Crippen LogP) is 2.70. The number of thioether (sulfide) groups is 1. The Hall–Kier alpha value is -3.86. The summed E-state index contributed by atoms with van der Waals surface area (Å²) in [6.45, 7) is -0.525. The van der Waals surface area contributed by atoms with Gasteiger partial charge in [-0.25, -0.2) is 0 Å². The minimum absolute atomic E-state index is 0.163. The molecule has 1 aliphatic heterocycles. The van der Waals surface area contributed by atoms with E-state index < -0.39 is 22.0 Å². The third kappa shape index (κ3) is 5.01. The Morgan fingerprint density at radius 3 is 2.65 bits per heavy atom. The van der Waals surface area contributed by atoms with Crippen molar-refractivity contribution in [2.45, 2.75) is 6.54 Å². The first kappa shape index (κ1) is 21.8. The van der Waals surface area contributed by atoms with Gasteiger partial charge in [0.05, 0.1) is 23.5 Å². The van der Waals surface area contributed by atoms with Crippen LogP contribution in [0.25, 0.3) is 6.08 Å². The molecular weight excluding hydrogens is 426 g/mol. The summed E-state index contributed by atoms with van der Waals surface area (Å²) in [5.74, 6) is -0.586. The number of nitro benzene ring substituents is 1. The fourth-order valence-corrected chi connectivity index (χ4v) is 3.66. The summed E-state index contributed by atoms with van der Waals surface area (Å²) in [7, 11) is 1.41. The summed E-state index contributed by atoms with van der Waals surface area (Å²) in [6.07, 6.45) is 1.50. The van der Waals surface area contributed by atoms with E-state index in [9.17, 15) is 24.5 Å². The number of para-hydroxylation sites is 1. The van der Waals surface area contributed by atoms with Crippen LogP contribution in [0.5, 0.6) is 11.5 Å². The third-order valence-corrected chi connectivity index (χ3v) is 5.15. The fourth-order valence-electron chi connectivity index (χ4n) is 2.82. The van der Waals surface area contributed by atoms with Crippen LogP contribution in [-0.2, 0) is 16.1 Å². The van der Waals surface area contributed by atoms with Crippen molar-refractivity contribution in [3.63, 3.8) is 0 Å². The Balaban J connectivity index is 1.82. The second-order valence-corrected chi connectivity index (χ2v) is 7.31. The Morgan fingerprint density at radius 1 is 1.23 bits per heavy atom. The van der Waals surface area contributed by atoms with Crippen molar-refractivity contribution in [3.8, 4) is 11.5 Å². The van der Waals surface area contributed by atoms with Gasteiger partial charge in [-0.05, 0) is 35.5 Å². The first-order chi connectivity index (χ1) is 14.8. The van der Waals surface area contributed by atoms with E-state index in [1.807, 2.05) is 0 Å². The van der Waals surface area contributed by atoms with Crippen LogP contribution in [0.15, 0.2) is 47.4 Å². The standard InChI is InChI=1S/C20H17N3O7S/c1-29-16-8-12(6-7-15(16)30-11-18(21)24)9-17-19(25)22(20(26)31-17)10-13-4-2-3-5-14(13)23(27)28/h2-9H,10-11H2,1H3,(H2,21,24)/b17-9-. The van der Waals surface area contributed by atoms with Gasteiger partial charge in [-0.1, -0.05) is 24.3 Å². The van der Waals surface area contributed by atoms with Gasteiger partial charge in [-0.2, -0.15) is 0 Å². The number of rotatable bonds is 8. The second kappa shape index (κ2) is 9.30. The zero-order valence-corrected chi connectivity index (χ0v) is 17.1. The SMILES string of the molecule is COc1cc(/C=C2\SC(=O)N(Cc3ccccc3[N+](=O)[O-])C2=O)ccc1OCC(N)=O. The van der Waals surface area contributed by atoms with Crippen molar-refractivity contribution < 1.29 is 28.8 Å². The number of nitrogens with zero attached hydrogens (tertiary/aromatic N) is 2. The molecule has 10 nitrogen and oxygen atoms in total. The lowest BCUT2D eigenvalue weighted by atomic mass is 10.1. The van der Waals surface area contributed by atoms with Crippen LogP contribution in [0.4, 0.5) is 10.5 Å². The summed E-state index contributed by atoms with van der Waals surface area (Å²) in [5.41, 5.74) is 5.71. The second-order valence-electron chi connectivity index (χ2n) is 6.32. The molecule has 3 amide bonds. The topological polar surface area (TPSA) is 142 Å². The lowest BCUT2D eigenvalue weighted by molar-refractivity contribution is -0.385. The highest BCUT2D eigenvalue weighted by Crippen LogP contribution is 2.36. The van der Waals surface area contributed by atoms with Crippen molar-refractivity contribution in [3.05, 3.63) is 68.6 Å². The number of ether oxygens (including phenoxy) is 2. The highest BCUT2D eigenvalue weighted by atomic mass is 32.2. The zero-order valence-electron chi connectivity index (χ0n) is 16.3. The Kier molecular flexibility index (Phi) is 6.55. The molecule has 160 valence electrons. The minimum Gasteiger partial charge on any atom is -0.493 e. The van der Waals surface area contributed by atoms with Gasteiger partial charge in [-0.3, -0.25) is 29.4 Å². The van der Waals surface area contributed by atoms with Crippen LogP contribution in [0.2, 0.25) is 0 Å². The normalized spacial score (nSPS) is 14.7. The first-order valence-corrected chi connectivity index (χ1v) is 9.68. The Morgan fingerprint density at radius 2 is 1.97 bits per heavy atom. The van der Waals surface area contributed by atoms with Crippen molar-refractivity contribution in [1.29, 1.82) is 0 Å². The maximum Gasteiger partial charge on any atom is 0.293 e. The van der Waals surface area contributed by atoms with Crippen molar-refractivity contribution in [1.82, 2.24) is 4.90 Å². The van der Waals surface area contributed by atoms with Gasteiger partial charge in [-0.15, -0.1) is 0 Å². The smallest absolute Gasteiger partial charge is 0.293 e. The van der Waals surface area contributed by atoms with E-state index in [0.717, 1.165) is 16.7 Å². The summed E-state index contributed by atoms with van der Waals surface area (Å²) < 4.78 is 10.5. The number of carbonyl (C=O) groups is 3. The van der Waals surface area contributed by atoms with Crippen LogP contribution >= 0.6 is 11.8 Å². The van der Waals surface area contributed by atoms with Crippen molar-refractivity contribution >= 4 is 40.6 Å². The molecule has 0 radical (unpaired) electrons. The average Bonchev–Trinajstić information content (AvgIpc) is 3.00. The molecule has 11 heteroatoms. The van der Waals surface area contributed by atoms with Gasteiger partial charge in [0.25, 0.3) is 22.7 Å². The molecule has 0 spiro atoms. The Labute approximate surface area is 180 Å². The van der Waals surface area contributed by atoms with E-state index in [1.165, 1.54) is 31.4 Å². The maximum absolute atomic E-state index is 12.7. The largest absolute Gasteiger partial charge is 0.493 e. The summed E-state index contributed by atoms with van der Waals surface area (Å²) in [5, 5.41) is 10.7. The third-order valence-electron chi connectivity index (χ3n) is 4.25. The molecule has 3 rings (SSSR count). The molecule has 2 aromatic rings. The molecule has 0 bridgehead atoms. The minimum atomic E-state index is -0.640. The van der Waals surface area contributed by atoms with Crippen molar-refractivity contribution in [2.24, 2.45) is 5.73 Å². The van der Waals surface area contributed by atoms with E-state index in [2.05, 4.69) is 0 Å². The van der Waals surface area contributed by atoms with Crippen molar-refractivity contribution in [2.75, 3.05) is 13.7 Å². The molecule has 0 saturated carbocycles. The lowest BCUT2D eigenvalue weighted by Gasteiger charge is -2.12. The number of primary amides is 1. The number of methoxy groups -OCH3 is 1. The number of amides is 3. The lowest BCUT2D eigenvalue weighted by Crippen LogP contribution is -2.27. The quantitative estimate of drug-likeness (QED) is 0.373. The number of hydrogen-bond donors (Lipinski definition) is 1. The molecule has 0 atom stereocenters. The summed E-state index contributed by atoms with van der Waals surface area (Å²) >= 11 is 0.737. The van der Waals surface area contributed by atoms with E-state index in [4.69, 9.17) is 15.2 Å². The fraction of sp³-hybridized carbons (Fsp3) is 0.150. The average molecular weight is 443 g/mol. The van der Waals surface area contributed by atoms with Gasteiger partial charge < -0.3 is 15.2 Å². The zero-order chi connectivity index (χ0) is 22.5.